The fraction of sp³-hybridized carbons (Fsp3) is 0.355. The van der Waals surface area contributed by atoms with Gasteiger partial charge in [0, 0.05) is 49.8 Å². The van der Waals surface area contributed by atoms with E-state index < -0.39 is 0 Å². The van der Waals surface area contributed by atoms with E-state index in [1.54, 1.807) is 29.2 Å². The number of nitrogens with zero attached hydrogens (tertiary/aromatic N) is 3. The van der Waals surface area contributed by atoms with Gasteiger partial charge >= 0.3 is 0 Å². The van der Waals surface area contributed by atoms with Crippen molar-refractivity contribution in [2.45, 2.75) is 26.8 Å². The number of aromatic nitrogens is 1. The minimum Gasteiger partial charge on any atom is -0.361 e. The summed E-state index contributed by atoms with van der Waals surface area (Å²) in [4.78, 5) is 35.6. The van der Waals surface area contributed by atoms with E-state index in [0.29, 0.717) is 49.2 Å². The van der Waals surface area contributed by atoms with Gasteiger partial charge in [-0.25, -0.2) is 0 Å². The van der Waals surface area contributed by atoms with Crippen LogP contribution >= 0.6 is 23.2 Å². The summed E-state index contributed by atoms with van der Waals surface area (Å²) in [6.45, 7) is 14.3. The van der Waals surface area contributed by atoms with Gasteiger partial charge in [0.25, 0.3) is 0 Å². The van der Waals surface area contributed by atoms with Gasteiger partial charge in [0.1, 0.15) is 0 Å². The Kier molecular flexibility index (Phi) is 11.7. The number of carbonyl (C=O) groups excluding carboxylic acids is 2. The highest BCUT2D eigenvalue weighted by molar-refractivity contribution is 6.42. The maximum atomic E-state index is 13.8. The molecular weight excluding hydrogens is 531 g/mol. The molecule has 1 heterocycles. The van der Waals surface area contributed by atoms with Crippen LogP contribution in [0, 0.1) is 5.92 Å². The third kappa shape index (κ3) is 8.99. The zero-order chi connectivity index (χ0) is 28.4. The fourth-order valence-electron chi connectivity index (χ4n) is 4.62. The number of hydrogen-bond donors (Lipinski definition) is 1. The molecule has 0 radical (unpaired) electrons. The summed E-state index contributed by atoms with van der Waals surface area (Å²) >= 11 is 12.4. The van der Waals surface area contributed by atoms with Crippen LogP contribution in [0.2, 0.25) is 10.0 Å². The molecular formula is C31H38Cl2N4O2. The fourth-order valence-corrected chi connectivity index (χ4v) is 4.94. The van der Waals surface area contributed by atoms with Crippen molar-refractivity contribution in [3.8, 4) is 0 Å². The average Bonchev–Trinajstić information content (AvgIpc) is 3.31. The van der Waals surface area contributed by atoms with Crippen molar-refractivity contribution < 1.29 is 9.59 Å². The van der Waals surface area contributed by atoms with Crippen LogP contribution in [0.15, 0.2) is 74.0 Å². The molecule has 0 saturated heterocycles. The minimum atomic E-state index is -0.0573. The molecule has 2 amide bonds. The van der Waals surface area contributed by atoms with E-state index in [9.17, 15) is 9.59 Å². The Hall–Kier alpha value is -3.06. The highest BCUT2D eigenvalue weighted by atomic mass is 35.5. The van der Waals surface area contributed by atoms with E-state index in [-0.39, 0.29) is 30.8 Å². The second-order valence-corrected chi connectivity index (χ2v) is 10.9. The number of amides is 2. The number of aromatic amines is 1. The molecule has 0 saturated carbocycles. The predicted octanol–water partition coefficient (Wildman–Crippen LogP) is 6.20. The molecule has 0 spiro atoms. The van der Waals surface area contributed by atoms with Crippen LogP contribution in [0.4, 0.5) is 0 Å². The topological polar surface area (TPSA) is 59.7 Å². The second kappa shape index (κ2) is 14.9. The molecule has 1 aromatic heterocycles. The highest BCUT2D eigenvalue weighted by Gasteiger charge is 2.23. The molecule has 0 fully saturated rings. The first-order valence-electron chi connectivity index (χ1n) is 13.2. The molecule has 0 bridgehead atoms. The molecule has 0 unspecified atom stereocenters. The SMILES string of the molecule is C=CCN(CC=C)C(=O)CN(CC(=O)N(CCc1c[nH]c2ccccc12)Cc1ccc(Cl)c(Cl)c1)CC(C)C. The Labute approximate surface area is 241 Å². The summed E-state index contributed by atoms with van der Waals surface area (Å²) in [7, 11) is 0. The molecule has 3 rings (SSSR count). The number of fused-ring (bicyclic) bond motifs is 1. The smallest absolute Gasteiger partial charge is 0.237 e. The lowest BCUT2D eigenvalue weighted by Crippen LogP contribution is -2.46. The van der Waals surface area contributed by atoms with E-state index in [2.05, 4.69) is 38.1 Å². The maximum absolute atomic E-state index is 13.8. The molecule has 6 nitrogen and oxygen atoms in total. The Morgan fingerprint density at radius 1 is 0.949 bits per heavy atom. The lowest BCUT2D eigenvalue weighted by atomic mass is 10.1. The van der Waals surface area contributed by atoms with E-state index in [4.69, 9.17) is 23.2 Å². The Bertz CT molecular complexity index is 1280. The van der Waals surface area contributed by atoms with Crippen molar-refractivity contribution in [2.75, 3.05) is 39.3 Å². The Morgan fingerprint density at radius 3 is 2.26 bits per heavy atom. The first-order chi connectivity index (χ1) is 18.7. The molecule has 39 heavy (non-hydrogen) atoms. The van der Waals surface area contributed by atoms with E-state index >= 15 is 0 Å². The summed E-state index contributed by atoms with van der Waals surface area (Å²) < 4.78 is 0. The lowest BCUT2D eigenvalue weighted by molar-refractivity contribution is -0.135. The number of para-hydroxylation sites is 1. The first kappa shape index (κ1) is 30.5. The summed E-state index contributed by atoms with van der Waals surface area (Å²) in [5.74, 6) is 0.180. The number of H-pyrrole nitrogens is 1. The van der Waals surface area contributed by atoms with Gasteiger partial charge in [-0.2, -0.15) is 0 Å². The van der Waals surface area contributed by atoms with Crippen LogP contribution in [0.5, 0.6) is 0 Å². The minimum absolute atomic E-state index is 0.0478. The van der Waals surface area contributed by atoms with Crippen molar-refractivity contribution in [1.29, 1.82) is 0 Å². The largest absolute Gasteiger partial charge is 0.361 e. The zero-order valence-corrected chi connectivity index (χ0v) is 24.3. The Balaban J connectivity index is 1.80. The molecule has 208 valence electrons. The maximum Gasteiger partial charge on any atom is 0.237 e. The van der Waals surface area contributed by atoms with Crippen LogP contribution in [-0.2, 0) is 22.6 Å². The third-order valence-electron chi connectivity index (χ3n) is 6.43. The molecule has 8 heteroatoms. The molecule has 0 aliphatic carbocycles. The summed E-state index contributed by atoms with van der Waals surface area (Å²) in [6, 6.07) is 13.6. The van der Waals surface area contributed by atoms with Crippen molar-refractivity contribution >= 4 is 45.9 Å². The summed E-state index contributed by atoms with van der Waals surface area (Å²) in [5.41, 5.74) is 3.11. The van der Waals surface area contributed by atoms with E-state index in [1.165, 1.54) is 0 Å². The van der Waals surface area contributed by atoms with Crippen molar-refractivity contribution in [2.24, 2.45) is 5.92 Å². The molecule has 0 atom stereocenters. The molecule has 1 N–H and O–H groups in total. The second-order valence-electron chi connectivity index (χ2n) is 10.1. The molecule has 0 aliphatic rings. The van der Waals surface area contributed by atoms with Crippen LogP contribution in [0.25, 0.3) is 10.9 Å². The lowest BCUT2D eigenvalue weighted by Gasteiger charge is -2.30. The van der Waals surface area contributed by atoms with Crippen molar-refractivity contribution in [1.82, 2.24) is 19.7 Å². The van der Waals surface area contributed by atoms with Crippen LogP contribution in [0.3, 0.4) is 0 Å². The van der Waals surface area contributed by atoms with Crippen molar-refractivity contribution in [3.63, 3.8) is 0 Å². The van der Waals surface area contributed by atoms with Crippen LogP contribution in [0.1, 0.15) is 25.0 Å². The van der Waals surface area contributed by atoms with Gasteiger partial charge in [-0.3, -0.25) is 14.5 Å². The number of rotatable bonds is 15. The molecule has 3 aromatic rings. The van der Waals surface area contributed by atoms with Crippen LogP contribution < -0.4 is 0 Å². The quantitative estimate of drug-likeness (QED) is 0.222. The highest BCUT2D eigenvalue weighted by Crippen LogP contribution is 2.24. The number of hydrogen-bond acceptors (Lipinski definition) is 3. The number of carbonyl (C=O) groups is 2. The average molecular weight is 570 g/mol. The summed E-state index contributed by atoms with van der Waals surface area (Å²) in [6.07, 6.45) is 6.09. The zero-order valence-electron chi connectivity index (χ0n) is 22.8. The number of benzene rings is 2. The predicted molar refractivity (Wildman–Crippen MR) is 162 cm³/mol. The van der Waals surface area contributed by atoms with Gasteiger partial charge in [0.2, 0.25) is 11.8 Å². The Morgan fingerprint density at radius 2 is 1.62 bits per heavy atom. The van der Waals surface area contributed by atoms with Gasteiger partial charge in [-0.1, -0.05) is 73.5 Å². The van der Waals surface area contributed by atoms with Crippen LogP contribution in [-0.4, -0.2) is 70.8 Å². The normalized spacial score (nSPS) is 11.2. The first-order valence-corrected chi connectivity index (χ1v) is 14.0. The third-order valence-corrected chi connectivity index (χ3v) is 7.17. The van der Waals surface area contributed by atoms with E-state index in [0.717, 1.165) is 22.0 Å². The standard InChI is InChI=1S/C31H38Cl2N4O2/c1-5-14-36(15-6-2)30(38)21-35(19-23(3)4)22-31(39)37(20-24-11-12-27(32)28(33)17-24)16-13-25-18-34-29-10-8-7-9-26(25)29/h5-12,17-18,23,34H,1-2,13-16,19-22H2,3-4H3. The number of nitrogens with one attached hydrogen (secondary N) is 1. The monoisotopic (exact) mass is 568 g/mol. The van der Waals surface area contributed by atoms with E-state index in [1.807, 2.05) is 40.3 Å². The van der Waals surface area contributed by atoms with Gasteiger partial charge in [-0.05, 0) is 41.7 Å². The summed E-state index contributed by atoms with van der Waals surface area (Å²) in [5, 5.41) is 2.08. The molecule has 2 aromatic carbocycles. The molecule has 0 aliphatic heterocycles. The van der Waals surface area contributed by atoms with Crippen molar-refractivity contribution in [3.05, 3.63) is 95.1 Å². The van der Waals surface area contributed by atoms with Gasteiger partial charge in [0.05, 0.1) is 23.1 Å². The van der Waals surface area contributed by atoms with Gasteiger partial charge < -0.3 is 14.8 Å². The van der Waals surface area contributed by atoms with Gasteiger partial charge in [-0.15, -0.1) is 13.2 Å². The number of halogens is 2. The van der Waals surface area contributed by atoms with Gasteiger partial charge in [0.15, 0.2) is 0 Å².